The van der Waals surface area contributed by atoms with E-state index in [4.69, 9.17) is 4.98 Å². The van der Waals surface area contributed by atoms with Crippen molar-refractivity contribution in [2.24, 2.45) is 0 Å². The Morgan fingerprint density at radius 3 is 2.89 bits per heavy atom. The Balaban J connectivity index is 1.75. The summed E-state index contributed by atoms with van der Waals surface area (Å²) in [7, 11) is 2.20. The van der Waals surface area contributed by atoms with Crippen LogP contribution in [0.4, 0.5) is 5.95 Å². The topological polar surface area (TPSA) is 44.3 Å². The van der Waals surface area contributed by atoms with E-state index in [-0.39, 0.29) is 0 Å². The zero-order valence-electron chi connectivity index (χ0n) is 11.7. The molecule has 0 saturated carbocycles. The maximum atomic E-state index is 4.81. The number of nitrogens with one attached hydrogen (secondary N) is 1. The number of hydrogen-bond donors (Lipinski definition) is 1. The first kappa shape index (κ1) is 12.8. The van der Waals surface area contributed by atoms with Gasteiger partial charge in [-0.05, 0) is 32.5 Å². The lowest BCUT2D eigenvalue weighted by Crippen LogP contribution is -2.44. The van der Waals surface area contributed by atoms with Crippen molar-refractivity contribution in [3.05, 3.63) is 18.0 Å². The number of hydrogen-bond acceptors (Lipinski definition) is 5. The van der Waals surface area contributed by atoms with E-state index in [1.807, 2.05) is 6.20 Å². The van der Waals surface area contributed by atoms with Gasteiger partial charge in [0.2, 0.25) is 5.95 Å². The van der Waals surface area contributed by atoms with Crippen LogP contribution in [0, 0.1) is 0 Å². The van der Waals surface area contributed by atoms with E-state index in [0.717, 1.165) is 38.7 Å². The predicted molar refractivity (Wildman–Crippen MR) is 76.6 cm³/mol. The van der Waals surface area contributed by atoms with Gasteiger partial charge in [0, 0.05) is 44.8 Å². The standard InChI is InChI=1S/C14H23N5/c1-18-8-2-3-12(11-18)13-4-5-16-14(17-13)19-9-6-15-7-10-19/h4-5,12,15H,2-3,6-11H2,1H3. The zero-order chi connectivity index (χ0) is 13.1. The third kappa shape index (κ3) is 3.04. The largest absolute Gasteiger partial charge is 0.338 e. The molecule has 3 heterocycles. The summed E-state index contributed by atoms with van der Waals surface area (Å²) in [5, 5.41) is 3.36. The summed E-state index contributed by atoms with van der Waals surface area (Å²) >= 11 is 0. The minimum Gasteiger partial charge on any atom is -0.338 e. The van der Waals surface area contributed by atoms with Gasteiger partial charge in [0.05, 0.1) is 5.69 Å². The maximum Gasteiger partial charge on any atom is 0.225 e. The number of aromatic nitrogens is 2. The van der Waals surface area contributed by atoms with Gasteiger partial charge in [-0.25, -0.2) is 9.97 Å². The van der Waals surface area contributed by atoms with Crippen LogP contribution in [0.2, 0.25) is 0 Å². The van der Waals surface area contributed by atoms with Crippen LogP contribution in [0.25, 0.3) is 0 Å². The molecular weight excluding hydrogens is 238 g/mol. The van der Waals surface area contributed by atoms with Crippen LogP contribution < -0.4 is 10.2 Å². The first-order chi connectivity index (χ1) is 9.33. The fraction of sp³-hybridized carbons (Fsp3) is 0.714. The highest BCUT2D eigenvalue weighted by Crippen LogP contribution is 2.25. The zero-order valence-corrected chi connectivity index (χ0v) is 11.7. The van der Waals surface area contributed by atoms with Crippen molar-refractivity contribution in [2.45, 2.75) is 18.8 Å². The fourth-order valence-electron chi connectivity index (χ4n) is 3.01. The molecule has 0 amide bonds. The highest BCUT2D eigenvalue weighted by atomic mass is 15.3. The minimum absolute atomic E-state index is 0.573. The average molecular weight is 261 g/mol. The van der Waals surface area contributed by atoms with Crippen LogP contribution in [0.3, 0.4) is 0 Å². The Labute approximate surface area is 115 Å². The lowest BCUT2D eigenvalue weighted by atomic mass is 9.95. The molecule has 0 bridgehead atoms. The average Bonchev–Trinajstić information content (AvgIpc) is 2.48. The van der Waals surface area contributed by atoms with Crippen LogP contribution in [-0.2, 0) is 0 Å². The molecular formula is C14H23N5. The Kier molecular flexibility index (Phi) is 3.94. The van der Waals surface area contributed by atoms with Crippen LogP contribution in [0.5, 0.6) is 0 Å². The molecule has 5 heteroatoms. The SMILES string of the molecule is CN1CCCC(c2ccnc(N3CCNCC3)n2)C1. The first-order valence-electron chi connectivity index (χ1n) is 7.30. The molecule has 104 valence electrons. The van der Waals surface area contributed by atoms with Crippen molar-refractivity contribution in [1.29, 1.82) is 0 Å². The van der Waals surface area contributed by atoms with E-state index in [1.54, 1.807) is 0 Å². The fourth-order valence-corrected chi connectivity index (χ4v) is 3.01. The van der Waals surface area contributed by atoms with Crippen molar-refractivity contribution < 1.29 is 0 Å². The lowest BCUT2D eigenvalue weighted by molar-refractivity contribution is 0.248. The second kappa shape index (κ2) is 5.84. The normalized spacial score (nSPS) is 25.5. The van der Waals surface area contributed by atoms with E-state index in [1.165, 1.54) is 25.1 Å². The smallest absolute Gasteiger partial charge is 0.225 e. The second-order valence-corrected chi connectivity index (χ2v) is 5.62. The minimum atomic E-state index is 0.573. The van der Waals surface area contributed by atoms with E-state index >= 15 is 0 Å². The number of rotatable bonds is 2. The molecule has 5 nitrogen and oxygen atoms in total. The molecule has 1 atom stereocenters. The monoisotopic (exact) mass is 261 g/mol. The van der Waals surface area contributed by atoms with Crippen molar-refractivity contribution >= 4 is 5.95 Å². The van der Waals surface area contributed by atoms with Gasteiger partial charge >= 0.3 is 0 Å². The Morgan fingerprint density at radius 1 is 1.26 bits per heavy atom. The quantitative estimate of drug-likeness (QED) is 0.849. The number of piperidine rings is 1. The molecule has 19 heavy (non-hydrogen) atoms. The first-order valence-corrected chi connectivity index (χ1v) is 7.30. The molecule has 0 radical (unpaired) electrons. The maximum absolute atomic E-state index is 4.81. The van der Waals surface area contributed by atoms with E-state index in [9.17, 15) is 0 Å². The number of piperazine rings is 1. The van der Waals surface area contributed by atoms with Gasteiger partial charge in [0.1, 0.15) is 0 Å². The van der Waals surface area contributed by atoms with Crippen LogP contribution >= 0.6 is 0 Å². The van der Waals surface area contributed by atoms with Crippen LogP contribution in [0.1, 0.15) is 24.5 Å². The lowest BCUT2D eigenvalue weighted by Gasteiger charge is -2.31. The summed E-state index contributed by atoms with van der Waals surface area (Å²) in [6.45, 7) is 6.41. The summed E-state index contributed by atoms with van der Waals surface area (Å²) < 4.78 is 0. The highest BCUT2D eigenvalue weighted by Gasteiger charge is 2.21. The van der Waals surface area contributed by atoms with Gasteiger partial charge in [0.25, 0.3) is 0 Å². The molecule has 0 aliphatic carbocycles. The van der Waals surface area contributed by atoms with E-state index in [0.29, 0.717) is 5.92 Å². The molecule has 3 rings (SSSR count). The molecule has 2 aliphatic rings. The van der Waals surface area contributed by atoms with Crippen molar-refractivity contribution in [1.82, 2.24) is 20.2 Å². The highest BCUT2D eigenvalue weighted by molar-refractivity contribution is 5.32. The Morgan fingerprint density at radius 2 is 2.11 bits per heavy atom. The molecule has 1 aromatic heterocycles. The van der Waals surface area contributed by atoms with Gasteiger partial charge < -0.3 is 15.1 Å². The molecule has 2 fully saturated rings. The van der Waals surface area contributed by atoms with Gasteiger partial charge in [-0.3, -0.25) is 0 Å². The molecule has 0 spiro atoms. The number of likely N-dealkylation sites (tertiary alicyclic amines) is 1. The van der Waals surface area contributed by atoms with E-state index in [2.05, 4.69) is 33.2 Å². The predicted octanol–water partition coefficient (Wildman–Crippen LogP) is 0.695. The van der Waals surface area contributed by atoms with Gasteiger partial charge in [-0.1, -0.05) is 0 Å². The molecule has 1 unspecified atom stereocenters. The summed E-state index contributed by atoms with van der Waals surface area (Å²) in [5.74, 6) is 1.48. The van der Waals surface area contributed by atoms with E-state index < -0.39 is 0 Å². The third-order valence-corrected chi connectivity index (χ3v) is 4.11. The Bertz CT molecular complexity index is 416. The van der Waals surface area contributed by atoms with Crippen LogP contribution in [0.15, 0.2) is 12.3 Å². The summed E-state index contributed by atoms with van der Waals surface area (Å²) in [5.41, 5.74) is 1.22. The summed E-state index contributed by atoms with van der Waals surface area (Å²) in [4.78, 5) is 14.0. The molecule has 1 aromatic rings. The van der Waals surface area contributed by atoms with Crippen molar-refractivity contribution in [3.8, 4) is 0 Å². The van der Waals surface area contributed by atoms with Crippen molar-refractivity contribution in [3.63, 3.8) is 0 Å². The van der Waals surface area contributed by atoms with Gasteiger partial charge in [-0.15, -0.1) is 0 Å². The molecule has 2 saturated heterocycles. The third-order valence-electron chi connectivity index (χ3n) is 4.11. The van der Waals surface area contributed by atoms with Gasteiger partial charge in [-0.2, -0.15) is 0 Å². The summed E-state index contributed by atoms with van der Waals surface area (Å²) in [6.07, 6.45) is 4.45. The van der Waals surface area contributed by atoms with Crippen LogP contribution in [-0.4, -0.2) is 61.2 Å². The van der Waals surface area contributed by atoms with Crippen molar-refractivity contribution in [2.75, 3.05) is 51.2 Å². The molecule has 0 aromatic carbocycles. The number of anilines is 1. The van der Waals surface area contributed by atoms with Gasteiger partial charge in [0.15, 0.2) is 0 Å². The number of likely N-dealkylation sites (N-methyl/N-ethyl adjacent to an activating group) is 1. The Hall–Kier alpha value is -1.20. The molecule has 1 N–H and O–H groups in total. The summed E-state index contributed by atoms with van der Waals surface area (Å²) in [6, 6.07) is 2.09. The second-order valence-electron chi connectivity index (χ2n) is 5.62. The number of nitrogens with zero attached hydrogens (tertiary/aromatic N) is 4. The molecule has 2 aliphatic heterocycles.